The number of ether oxygens (including phenoxy) is 2. The minimum atomic E-state index is -0.863. The maximum absolute atomic E-state index is 12.2. The SMILES string of the molecule is CCOC(=O)[C@@]1(C(C)C)CCN1C(=O)OC(C)(C)C. The number of amides is 1. The Morgan fingerprint density at radius 1 is 1.32 bits per heavy atom. The molecule has 5 heteroatoms. The van der Waals surface area contributed by atoms with Gasteiger partial charge in [0.2, 0.25) is 0 Å². The molecule has 1 amide bonds. The molecule has 0 spiro atoms. The maximum Gasteiger partial charge on any atom is 0.411 e. The molecule has 1 aliphatic rings. The van der Waals surface area contributed by atoms with Gasteiger partial charge in [-0.1, -0.05) is 13.8 Å². The van der Waals surface area contributed by atoms with Crippen LogP contribution < -0.4 is 0 Å². The van der Waals surface area contributed by atoms with Gasteiger partial charge in [-0.15, -0.1) is 0 Å². The van der Waals surface area contributed by atoms with Crippen molar-refractivity contribution in [3.05, 3.63) is 0 Å². The average molecular weight is 271 g/mol. The van der Waals surface area contributed by atoms with Gasteiger partial charge in [0.05, 0.1) is 6.61 Å². The van der Waals surface area contributed by atoms with E-state index in [4.69, 9.17) is 9.47 Å². The summed E-state index contributed by atoms with van der Waals surface area (Å²) in [6.07, 6.45) is 0.184. The van der Waals surface area contributed by atoms with Crippen molar-refractivity contribution in [3.63, 3.8) is 0 Å². The lowest BCUT2D eigenvalue weighted by Gasteiger charge is -2.52. The van der Waals surface area contributed by atoms with Crippen molar-refractivity contribution in [2.75, 3.05) is 13.2 Å². The van der Waals surface area contributed by atoms with Crippen LogP contribution in [0.5, 0.6) is 0 Å². The summed E-state index contributed by atoms with van der Waals surface area (Å²) in [5.74, 6) is -0.338. The monoisotopic (exact) mass is 271 g/mol. The third-order valence-electron chi connectivity index (χ3n) is 3.40. The highest BCUT2D eigenvalue weighted by molar-refractivity contribution is 5.88. The first kappa shape index (κ1) is 15.8. The van der Waals surface area contributed by atoms with Gasteiger partial charge in [-0.25, -0.2) is 9.59 Å². The standard InChI is InChI=1S/C14H25NO4/c1-7-18-11(16)14(10(2)3)8-9-15(14)12(17)19-13(4,5)6/h10H,7-9H2,1-6H3/t14-/m0/s1. The molecule has 0 aliphatic carbocycles. The zero-order valence-electron chi connectivity index (χ0n) is 12.8. The lowest BCUT2D eigenvalue weighted by molar-refractivity contribution is -0.171. The van der Waals surface area contributed by atoms with E-state index in [1.54, 1.807) is 6.92 Å². The van der Waals surface area contributed by atoms with E-state index < -0.39 is 17.2 Å². The summed E-state index contributed by atoms with van der Waals surface area (Å²) in [5.41, 5.74) is -1.43. The topological polar surface area (TPSA) is 55.8 Å². The summed E-state index contributed by atoms with van der Waals surface area (Å²) < 4.78 is 10.5. The number of rotatable bonds is 3. The van der Waals surface area contributed by atoms with E-state index >= 15 is 0 Å². The van der Waals surface area contributed by atoms with E-state index in [2.05, 4.69) is 0 Å². The van der Waals surface area contributed by atoms with Crippen molar-refractivity contribution >= 4 is 12.1 Å². The first-order valence-electron chi connectivity index (χ1n) is 6.83. The van der Waals surface area contributed by atoms with Crippen LogP contribution in [0, 0.1) is 5.92 Å². The fraction of sp³-hybridized carbons (Fsp3) is 0.857. The molecule has 1 rings (SSSR count). The molecule has 0 aromatic carbocycles. The summed E-state index contributed by atoms with van der Waals surface area (Å²) in [6, 6.07) is 0. The molecule has 1 fully saturated rings. The molecule has 0 bridgehead atoms. The summed E-state index contributed by atoms with van der Waals surface area (Å²) in [4.78, 5) is 25.9. The van der Waals surface area contributed by atoms with E-state index in [-0.39, 0.29) is 11.9 Å². The molecule has 0 N–H and O–H groups in total. The molecule has 0 aromatic rings. The quantitative estimate of drug-likeness (QED) is 0.740. The van der Waals surface area contributed by atoms with Crippen molar-refractivity contribution in [3.8, 4) is 0 Å². The maximum atomic E-state index is 12.2. The Morgan fingerprint density at radius 2 is 1.89 bits per heavy atom. The highest BCUT2D eigenvalue weighted by atomic mass is 16.6. The highest BCUT2D eigenvalue weighted by Gasteiger charge is 2.57. The zero-order chi connectivity index (χ0) is 14.8. The molecular formula is C14H25NO4. The minimum absolute atomic E-state index is 0.00665. The predicted molar refractivity (Wildman–Crippen MR) is 71.8 cm³/mol. The van der Waals surface area contributed by atoms with Crippen molar-refractivity contribution in [1.29, 1.82) is 0 Å². The largest absolute Gasteiger partial charge is 0.464 e. The van der Waals surface area contributed by atoms with E-state index in [0.29, 0.717) is 19.6 Å². The van der Waals surface area contributed by atoms with Crippen LogP contribution in [0.15, 0.2) is 0 Å². The summed E-state index contributed by atoms with van der Waals surface area (Å²) >= 11 is 0. The number of esters is 1. The molecular weight excluding hydrogens is 246 g/mol. The lowest BCUT2D eigenvalue weighted by Crippen LogP contribution is -2.70. The van der Waals surface area contributed by atoms with Crippen LogP contribution in [0.4, 0.5) is 4.79 Å². The van der Waals surface area contributed by atoms with Crippen LogP contribution in [0.2, 0.25) is 0 Å². The van der Waals surface area contributed by atoms with Crippen molar-refractivity contribution in [1.82, 2.24) is 4.90 Å². The highest BCUT2D eigenvalue weighted by Crippen LogP contribution is 2.39. The molecule has 0 radical (unpaired) electrons. The predicted octanol–water partition coefficient (Wildman–Crippen LogP) is 2.59. The van der Waals surface area contributed by atoms with Crippen LogP contribution >= 0.6 is 0 Å². The normalized spacial score (nSPS) is 23.0. The Labute approximate surface area is 115 Å². The molecule has 1 aliphatic heterocycles. The Balaban J connectivity index is 2.90. The van der Waals surface area contributed by atoms with Crippen LogP contribution in [0.3, 0.4) is 0 Å². The van der Waals surface area contributed by atoms with Gasteiger partial charge in [-0.05, 0) is 40.0 Å². The second-order valence-electron chi connectivity index (χ2n) is 6.18. The number of carbonyl (C=O) groups excluding carboxylic acids is 2. The third-order valence-corrected chi connectivity index (χ3v) is 3.40. The Morgan fingerprint density at radius 3 is 2.21 bits per heavy atom. The van der Waals surface area contributed by atoms with Gasteiger partial charge in [-0.2, -0.15) is 0 Å². The van der Waals surface area contributed by atoms with Crippen LogP contribution in [-0.2, 0) is 14.3 Å². The number of carbonyl (C=O) groups is 2. The molecule has 1 heterocycles. The van der Waals surface area contributed by atoms with Gasteiger partial charge in [0.15, 0.2) is 0 Å². The molecule has 1 atom stereocenters. The van der Waals surface area contributed by atoms with E-state index in [0.717, 1.165) is 0 Å². The molecule has 19 heavy (non-hydrogen) atoms. The van der Waals surface area contributed by atoms with Gasteiger partial charge in [-0.3, -0.25) is 4.90 Å². The van der Waals surface area contributed by atoms with Crippen molar-refractivity contribution in [2.45, 2.75) is 59.1 Å². The van der Waals surface area contributed by atoms with Gasteiger partial charge in [0, 0.05) is 6.54 Å². The summed E-state index contributed by atoms with van der Waals surface area (Å²) in [5, 5.41) is 0. The third kappa shape index (κ3) is 3.01. The van der Waals surface area contributed by atoms with Gasteiger partial charge >= 0.3 is 12.1 Å². The van der Waals surface area contributed by atoms with Gasteiger partial charge in [0.25, 0.3) is 0 Å². The molecule has 110 valence electrons. The fourth-order valence-electron chi connectivity index (χ4n) is 2.34. The Bertz CT molecular complexity index is 359. The van der Waals surface area contributed by atoms with Crippen molar-refractivity contribution < 1.29 is 19.1 Å². The smallest absolute Gasteiger partial charge is 0.411 e. The molecule has 0 saturated carbocycles. The number of nitrogens with zero attached hydrogens (tertiary/aromatic N) is 1. The van der Waals surface area contributed by atoms with E-state index in [1.165, 1.54) is 4.90 Å². The van der Waals surface area contributed by atoms with E-state index in [9.17, 15) is 9.59 Å². The zero-order valence-corrected chi connectivity index (χ0v) is 12.8. The average Bonchev–Trinajstić information content (AvgIpc) is 2.12. The molecule has 0 aromatic heterocycles. The number of likely N-dealkylation sites (tertiary alicyclic amines) is 1. The van der Waals surface area contributed by atoms with Crippen molar-refractivity contribution in [2.24, 2.45) is 5.92 Å². The van der Waals surface area contributed by atoms with Crippen LogP contribution in [-0.4, -0.2) is 41.3 Å². The Kier molecular flexibility index (Phi) is 4.48. The van der Waals surface area contributed by atoms with E-state index in [1.807, 2.05) is 34.6 Å². The summed E-state index contributed by atoms with van der Waals surface area (Å²) in [7, 11) is 0. The first-order valence-corrected chi connectivity index (χ1v) is 6.83. The van der Waals surface area contributed by atoms with Crippen LogP contribution in [0.25, 0.3) is 0 Å². The minimum Gasteiger partial charge on any atom is -0.464 e. The van der Waals surface area contributed by atoms with Gasteiger partial charge in [0.1, 0.15) is 11.1 Å². The lowest BCUT2D eigenvalue weighted by atomic mass is 9.75. The molecule has 0 unspecified atom stereocenters. The van der Waals surface area contributed by atoms with Crippen LogP contribution in [0.1, 0.15) is 48.0 Å². The second-order valence-corrected chi connectivity index (χ2v) is 6.18. The second kappa shape index (κ2) is 5.39. The molecule has 5 nitrogen and oxygen atoms in total. The number of hydrogen-bond donors (Lipinski definition) is 0. The number of hydrogen-bond acceptors (Lipinski definition) is 4. The first-order chi connectivity index (χ1) is 8.65. The Hall–Kier alpha value is -1.26. The summed E-state index contributed by atoms with van der Waals surface area (Å²) in [6.45, 7) is 11.9. The van der Waals surface area contributed by atoms with Gasteiger partial charge < -0.3 is 9.47 Å². The fourth-order valence-corrected chi connectivity index (χ4v) is 2.34. The molecule has 1 saturated heterocycles.